The van der Waals surface area contributed by atoms with E-state index in [1.165, 1.54) is 23.1 Å². The number of nitrogens with zero attached hydrogens (tertiary/aromatic N) is 2. The lowest BCUT2D eigenvalue weighted by molar-refractivity contribution is -0.113. The number of rotatable bonds is 5. The standard InChI is InChI=1S/C20H21N3O3S2/c1-4-13-7-14-8-16-17(26-6-5-25-16)9-15(14)22-19(13)27-10-18(24)23-20-21-11(2)12(3)28-20/h7-9H,4-6,10H2,1-3H3,(H,21,23,24). The molecule has 0 atom stereocenters. The Hall–Kier alpha value is -2.32. The third kappa shape index (κ3) is 3.93. The van der Waals surface area contributed by atoms with Gasteiger partial charge in [-0.25, -0.2) is 9.97 Å². The van der Waals surface area contributed by atoms with E-state index < -0.39 is 0 Å². The van der Waals surface area contributed by atoms with E-state index >= 15 is 0 Å². The fourth-order valence-electron chi connectivity index (χ4n) is 2.93. The van der Waals surface area contributed by atoms with Gasteiger partial charge in [0.2, 0.25) is 5.91 Å². The predicted molar refractivity (Wildman–Crippen MR) is 113 cm³/mol. The lowest BCUT2D eigenvalue weighted by Crippen LogP contribution is -2.15. The number of aryl methyl sites for hydroxylation is 3. The zero-order valence-corrected chi connectivity index (χ0v) is 17.6. The minimum Gasteiger partial charge on any atom is -0.486 e. The summed E-state index contributed by atoms with van der Waals surface area (Å²) in [5.41, 5.74) is 2.91. The number of pyridine rings is 1. The SMILES string of the molecule is CCc1cc2cc3c(cc2nc1SCC(=O)Nc1nc(C)c(C)s1)OCCO3. The van der Waals surface area contributed by atoms with Gasteiger partial charge in [0.15, 0.2) is 16.6 Å². The van der Waals surface area contributed by atoms with Gasteiger partial charge in [-0.15, -0.1) is 11.3 Å². The van der Waals surface area contributed by atoms with Crippen LogP contribution >= 0.6 is 23.1 Å². The van der Waals surface area contributed by atoms with Gasteiger partial charge < -0.3 is 14.8 Å². The maximum absolute atomic E-state index is 12.3. The first-order valence-electron chi connectivity index (χ1n) is 9.13. The van der Waals surface area contributed by atoms with Gasteiger partial charge in [-0.05, 0) is 38.0 Å². The van der Waals surface area contributed by atoms with E-state index in [-0.39, 0.29) is 11.7 Å². The van der Waals surface area contributed by atoms with Gasteiger partial charge >= 0.3 is 0 Å². The number of thioether (sulfide) groups is 1. The Morgan fingerprint density at radius 2 is 1.93 bits per heavy atom. The van der Waals surface area contributed by atoms with Crippen molar-refractivity contribution < 1.29 is 14.3 Å². The van der Waals surface area contributed by atoms with Crippen LogP contribution < -0.4 is 14.8 Å². The first-order chi connectivity index (χ1) is 13.5. The van der Waals surface area contributed by atoms with Crippen LogP contribution in [0.25, 0.3) is 10.9 Å². The Bertz CT molecular complexity index is 1030. The number of carbonyl (C=O) groups excluding carboxylic acids is 1. The fraction of sp³-hybridized carbons (Fsp3) is 0.350. The van der Waals surface area contributed by atoms with Crippen molar-refractivity contribution in [3.05, 3.63) is 34.3 Å². The summed E-state index contributed by atoms with van der Waals surface area (Å²) in [5, 5.41) is 5.40. The molecule has 0 bridgehead atoms. The summed E-state index contributed by atoms with van der Waals surface area (Å²) in [6, 6.07) is 6.01. The molecule has 1 amide bonds. The molecule has 1 N–H and O–H groups in total. The van der Waals surface area contributed by atoms with Crippen LogP contribution in [0.2, 0.25) is 0 Å². The molecule has 1 aromatic carbocycles. The molecule has 4 rings (SSSR count). The summed E-state index contributed by atoms with van der Waals surface area (Å²) in [6.07, 6.45) is 0.839. The molecule has 0 saturated carbocycles. The second-order valence-corrected chi connectivity index (χ2v) is 8.66. The highest BCUT2D eigenvalue weighted by Crippen LogP contribution is 2.36. The molecule has 3 heterocycles. The smallest absolute Gasteiger partial charge is 0.236 e. The number of carbonyl (C=O) groups is 1. The third-order valence-corrected chi connectivity index (χ3v) is 6.54. The number of benzene rings is 1. The Kier molecular flexibility index (Phi) is 5.41. The molecule has 0 spiro atoms. The summed E-state index contributed by atoms with van der Waals surface area (Å²) in [5.74, 6) is 1.69. The largest absolute Gasteiger partial charge is 0.486 e. The molecule has 0 saturated heterocycles. The third-order valence-electron chi connectivity index (χ3n) is 4.51. The lowest BCUT2D eigenvalue weighted by Gasteiger charge is -2.19. The van der Waals surface area contributed by atoms with Crippen LogP contribution in [0.15, 0.2) is 23.2 Å². The average Bonchev–Trinajstić information content (AvgIpc) is 3.00. The Labute approximate surface area is 171 Å². The molecule has 146 valence electrons. The van der Waals surface area contributed by atoms with E-state index in [4.69, 9.17) is 14.5 Å². The summed E-state index contributed by atoms with van der Waals surface area (Å²) in [4.78, 5) is 22.6. The van der Waals surface area contributed by atoms with Crippen LogP contribution in [0.1, 0.15) is 23.1 Å². The Morgan fingerprint density at radius 3 is 2.61 bits per heavy atom. The number of hydrogen-bond acceptors (Lipinski definition) is 7. The van der Waals surface area contributed by atoms with Crippen LogP contribution in [0.4, 0.5) is 5.13 Å². The van der Waals surface area contributed by atoms with E-state index in [1.54, 1.807) is 0 Å². The zero-order valence-electron chi connectivity index (χ0n) is 16.0. The van der Waals surface area contributed by atoms with Crippen molar-refractivity contribution in [1.82, 2.24) is 9.97 Å². The number of amides is 1. The number of thiazole rings is 1. The summed E-state index contributed by atoms with van der Waals surface area (Å²) < 4.78 is 11.3. The normalized spacial score (nSPS) is 13.0. The second-order valence-electron chi connectivity index (χ2n) is 6.49. The van der Waals surface area contributed by atoms with Crippen molar-refractivity contribution >= 4 is 45.0 Å². The van der Waals surface area contributed by atoms with Crippen LogP contribution in [-0.2, 0) is 11.2 Å². The average molecular weight is 416 g/mol. The summed E-state index contributed by atoms with van der Waals surface area (Å²) in [7, 11) is 0. The minimum absolute atomic E-state index is 0.0788. The van der Waals surface area contributed by atoms with Crippen molar-refractivity contribution in [2.75, 3.05) is 24.3 Å². The van der Waals surface area contributed by atoms with Gasteiger partial charge in [0.05, 0.1) is 17.0 Å². The number of anilines is 1. The second kappa shape index (κ2) is 7.97. The number of nitrogens with one attached hydrogen (secondary N) is 1. The molecular weight excluding hydrogens is 394 g/mol. The Balaban J connectivity index is 1.52. The maximum atomic E-state index is 12.3. The molecule has 8 heteroatoms. The summed E-state index contributed by atoms with van der Waals surface area (Å²) in [6.45, 7) is 7.14. The topological polar surface area (TPSA) is 73.3 Å². The molecule has 28 heavy (non-hydrogen) atoms. The van der Waals surface area contributed by atoms with Gasteiger partial charge in [-0.2, -0.15) is 0 Å². The number of ether oxygens (including phenoxy) is 2. The first kappa shape index (κ1) is 19.0. The van der Waals surface area contributed by atoms with Crippen LogP contribution in [0, 0.1) is 13.8 Å². The number of aromatic nitrogens is 2. The monoisotopic (exact) mass is 415 g/mol. The molecule has 0 radical (unpaired) electrons. The van der Waals surface area contributed by atoms with Crippen LogP contribution in [0.5, 0.6) is 11.5 Å². The van der Waals surface area contributed by atoms with Crippen LogP contribution in [-0.4, -0.2) is 34.8 Å². The van der Waals surface area contributed by atoms with E-state index in [0.29, 0.717) is 18.3 Å². The summed E-state index contributed by atoms with van der Waals surface area (Å²) >= 11 is 2.94. The molecule has 2 aromatic heterocycles. The number of hydrogen-bond donors (Lipinski definition) is 1. The highest BCUT2D eigenvalue weighted by atomic mass is 32.2. The van der Waals surface area contributed by atoms with Crippen molar-refractivity contribution in [3.8, 4) is 11.5 Å². The van der Waals surface area contributed by atoms with Gasteiger partial charge in [-0.3, -0.25) is 4.79 Å². The highest BCUT2D eigenvalue weighted by molar-refractivity contribution is 8.00. The first-order valence-corrected chi connectivity index (χ1v) is 10.9. The molecule has 0 unspecified atom stereocenters. The lowest BCUT2D eigenvalue weighted by atomic mass is 10.1. The molecule has 0 fully saturated rings. The van der Waals surface area contributed by atoms with Gasteiger partial charge in [-0.1, -0.05) is 18.7 Å². The predicted octanol–water partition coefficient (Wildman–Crippen LogP) is 4.37. The molecule has 6 nitrogen and oxygen atoms in total. The van der Waals surface area contributed by atoms with Crippen LogP contribution in [0.3, 0.4) is 0 Å². The minimum atomic E-state index is -0.0788. The fourth-order valence-corrected chi connectivity index (χ4v) is 4.65. The van der Waals surface area contributed by atoms with E-state index in [2.05, 4.69) is 23.3 Å². The van der Waals surface area contributed by atoms with Gasteiger partial charge in [0.25, 0.3) is 0 Å². The molecule has 0 aliphatic carbocycles. The zero-order chi connectivity index (χ0) is 19.7. The molecule has 1 aliphatic heterocycles. The van der Waals surface area contributed by atoms with Crippen molar-refractivity contribution in [1.29, 1.82) is 0 Å². The van der Waals surface area contributed by atoms with E-state index in [0.717, 1.165) is 50.0 Å². The van der Waals surface area contributed by atoms with Crippen molar-refractivity contribution in [3.63, 3.8) is 0 Å². The van der Waals surface area contributed by atoms with Gasteiger partial charge in [0, 0.05) is 16.3 Å². The highest BCUT2D eigenvalue weighted by Gasteiger charge is 2.16. The molecule has 3 aromatic rings. The van der Waals surface area contributed by atoms with Gasteiger partial charge in [0.1, 0.15) is 18.2 Å². The maximum Gasteiger partial charge on any atom is 0.236 e. The Morgan fingerprint density at radius 1 is 1.18 bits per heavy atom. The van der Waals surface area contributed by atoms with E-state index in [9.17, 15) is 4.79 Å². The molecular formula is C20H21N3O3S2. The quantitative estimate of drug-likeness (QED) is 0.624. The van der Waals surface area contributed by atoms with Crippen molar-refractivity contribution in [2.45, 2.75) is 32.2 Å². The van der Waals surface area contributed by atoms with Crippen molar-refractivity contribution in [2.24, 2.45) is 0 Å². The number of fused-ring (bicyclic) bond motifs is 2. The van der Waals surface area contributed by atoms with E-state index in [1.807, 2.05) is 26.0 Å². The molecule has 1 aliphatic rings.